The minimum Gasteiger partial charge on any atom is -0.493 e. The number of hydrogen-bond acceptors (Lipinski definition) is 9. The molecule has 1 aliphatic heterocycles. The van der Waals surface area contributed by atoms with Gasteiger partial charge in [0.1, 0.15) is 12.4 Å². The van der Waals surface area contributed by atoms with Crippen LogP contribution in [0.2, 0.25) is 0 Å². The van der Waals surface area contributed by atoms with Crippen LogP contribution in [0.3, 0.4) is 0 Å². The summed E-state index contributed by atoms with van der Waals surface area (Å²) >= 11 is 6.99. The number of ether oxygens (including phenoxy) is 4. The van der Waals surface area contributed by atoms with Crippen LogP contribution in [0.4, 0.5) is 0 Å². The largest absolute Gasteiger partial charge is 0.493 e. The zero-order chi connectivity index (χ0) is 35.4. The molecule has 4 aromatic carbocycles. The van der Waals surface area contributed by atoms with Gasteiger partial charge in [0.15, 0.2) is 16.3 Å². The van der Waals surface area contributed by atoms with Crippen LogP contribution in [0.25, 0.3) is 11.8 Å². The van der Waals surface area contributed by atoms with Gasteiger partial charge in [-0.25, -0.2) is 9.79 Å². The molecule has 1 aromatic heterocycles. The molecule has 50 heavy (non-hydrogen) atoms. The molecule has 0 fully saturated rings. The molecule has 5 aromatic rings. The lowest BCUT2D eigenvalue weighted by Crippen LogP contribution is -2.40. The van der Waals surface area contributed by atoms with Crippen LogP contribution >= 0.6 is 49.9 Å². The number of fused-ring (bicyclic) bond motifs is 1. The second kappa shape index (κ2) is 15.5. The lowest BCUT2D eigenvalue weighted by Gasteiger charge is -2.26. The van der Waals surface area contributed by atoms with E-state index in [-0.39, 0.29) is 24.3 Å². The van der Waals surface area contributed by atoms with Crippen LogP contribution in [0.1, 0.15) is 40.8 Å². The Morgan fingerprint density at radius 3 is 2.50 bits per heavy atom. The third kappa shape index (κ3) is 6.98. The van der Waals surface area contributed by atoms with Gasteiger partial charge in [-0.2, -0.15) is 5.26 Å². The van der Waals surface area contributed by atoms with Crippen molar-refractivity contribution in [2.24, 2.45) is 4.99 Å². The Morgan fingerprint density at radius 1 is 1.04 bits per heavy atom. The second-order valence-electron chi connectivity index (χ2n) is 10.9. The summed E-state index contributed by atoms with van der Waals surface area (Å²) in [5.74, 6) is 0.917. The van der Waals surface area contributed by atoms with E-state index in [0.717, 1.165) is 13.6 Å². The Balaban J connectivity index is 1.58. The summed E-state index contributed by atoms with van der Waals surface area (Å²) in [5.41, 5.74) is 3.52. The highest BCUT2D eigenvalue weighted by atomic mass is 127. The van der Waals surface area contributed by atoms with Gasteiger partial charge in [-0.3, -0.25) is 9.36 Å². The van der Waals surface area contributed by atoms with Gasteiger partial charge in [0.05, 0.1) is 57.9 Å². The topological polar surface area (TPSA) is 112 Å². The number of nitrogens with zero attached hydrogens (tertiary/aromatic N) is 3. The van der Waals surface area contributed by atoms with E-state index in [1.165, 1.54) is 23.0 Å². The molecule has 9 nitrogen and oxygen atoms in total. The molecule has 0 spiro atoms. The van der Waals surface area contributed by atoms with E-state index in [2.05, 4.69) is 44.6 Å². The van der Waals surface area contributed by atoms with Crippen molar-refractivity contribution >= 4 is 67.6 Å². The number of esters is 1. The minimum atomic E-state index is -0.900. The summed E-state index contributed by atoms with van der Waals surface area (Å²) < 4.78 is 26.5. The van der Waals surface area contributed by atoms with Gasteiger partial charge >= 0.3 is 5.97 Å². The molecular weight excluding hydrogens is 833 g/mol. The summed E-state index contributed by atoms with van der Waals surface area (Å²) in [6.45, 7) is 2.03. The number of carbonyl (C=O) groups is 1. The highest BCUT2D eigenvalue weighted by Crippen LogP contribution is 2.39. The standard InChI is InChI=1S/C38H29BrIN3O6S/c1-4-48-37(45)32-33(22-10-6-5-7-11-22)42-38-43(34(32)23-14-15-29(46-2)30(17-23)47-3)36(44)31(50-38)18-26-16-27(39)19-28(40)35(26)49-21-25-13-9-8-12-24(25)20-41/h5-19,34H,4,21H2,1-3H3/b31-18-/t34-/m0/s1. The molecule has 0 amide bonds. The Morgan fingerprint density at radius 2 is 1.78 bits per heavy atom. The average molecular weight is 863 g/mol. The fraction of sp³-hybridized carbons (Fsp3) is 0.158. The molecule has 12 heteroatoms. The molecule has 0 radical (unpaired) electrons. The highest BCUT2D eigenvalue weighted by molar-refractivity contribution is 14.1. The number of methoxy groups -OCH3 is 2. The van der Waals surface area contributed by atoms with Gasteiger partial charge in [-0.05, 0) is 71.5 Å². The zero-order valence-corrected chi connectivity index (χ0v) is 31.7. The van der Waals surface area contributed by atoms with Crippen LogP contribution in [-0.4, -0.2) is 31.4 Å². The lowest BCUT2D eigenvalue weighted by molar-refractivity contribution is -0.138. The summed E-state index contributed by atoms with van der Waals surface area (Å²) in [6, 6.07) is 27.0. The van der Waals surface area contributed by atoms with E-state index in [1.807, 2.05) is 60.7 Å². The first-order chi connectivity index (χ1) is 24.3. The predicted octanol–water partition coefficient (Wildman–Crippen LogP) is 6.77. The first-order valence-electron chi connectivity index (χ1n) is 15.4. The maximum absolute atomic E-state index is 14.6. The molecule has 0 N–H and O–H groups in total. The molecule has 1 aliphatic rings. The molecule has 6 rings (SSSR count). The third-order valence-electron chi connectivity index (χ3n) is 7.93. The Bertz CT molecular complexity index is 2360. The number of benzene rings is 4. The number of halogens is 2. The van der Waals surface area contributed by atoms with Crippen LogP contribution in [-0.2, 0) is 16.1 Å². The average Bonchev–Trinajstić information content (AvgIpc) is 3.44. The smallest absolute Gasteiger partial charge is 0.338 e. The molecule has 252 valence electrons. The predicted molar refractivity (Wildman–Crippen MR) is 203 cm³/mol. The summed E-state index contributed by atoms with van der Waals surface area (Å²) in [4.78, 5) is 33.8. The van der Waals surface area contributed by atoms with Gasteiger partial charge in [-0.15, -0.1) is 0 Å². The van der Waals surface area contributed by atoms with Crippen molar-refractivity contribution in [3.8, 4) is 23.3 Å². The molecule has 0 aliphatic carbocycles. The van der Waals surface area contributed by atoms with Crippen LogP contribution in [0.5, 0.6) is 17.2 Å². The summed E-state index contributed by atoms with van der Waals surface area (Å²) in [5, 5.41) is 9.59. The monoisotopic (exact) mass is 861 g/mol. The van der Waals surface area contributed by atoms with Gasteiger partial charge < -0.3 is 18.9 Å². The number of nitriles is 1. The van der Waals surface area contributed by atoms with E-state index in [4.69, 9.17) is 23.9 Å². The second-order valence-corrected chi connectivity index (χ2v) is 14.0. The molecule has 0 unspecified atom stereocenters. The van der Waals surface area contributed by atoms with Crippen molar-refractivity contribution in [2.45, 2.75) is 19.6 Å². The quantitative estimate of drug-likeness (QED) is 0.113. The number of rotatable bonds is 10. The van der Waals surface area contributed by atoms with E-state index in [0.29, 0.717) is 54.5 Å². The molecule has 0 saturated carbocycles. The third-order valence-corrected chi connectivity index (χ3v) is 10.2. The summed E-state index contributed by atoms with van der Waals surface area (Å²) in [7, 11) is 3.07. The van der Waals surface area contributed by atoms with Gasteiger partial charge in [0, 0.05) is 21.2 Å². The van der Waals surface area contributed by atoms with Crippen molar-refractivity contribution in [2.75, 3.05) is 20.8 Å². The number of aromatic nitrogens is 1. The highest BCUT2D eigenvalue weighted by Gasteiger charge is 2.35. The zero-order valence-electron chi connectivity index (χ0n) is 27.1. The minimum absolute atomic E-state index is 0.136. The molecule has 2 heterocycles. The SMILES string of the molecule is CCOC(=O)C1=C(c2ccccc2)N=c2s/c(=C\c3cc(Br)cc(I)c3OCc3ccccc3C#N)c(=O)n2[C@H]1c1ccc(OC)c(OC)c1. The number of hydrogen-bond donors (Lipinski definition) is 0. The maximum Gasteiger partial charge on any atom is 0.338 e. The Kier molecular flexibility index (Phi) is 10.9. The van der Waals surface area contributed by atoms with E-state index < -0.39 is 12.0 Å². The van der Waals surface area contributed by atoms with E-state index in [1.54, 1.807) is 44.4 Å². The Labute approximate surface area is 314 Å². The van der Waals surface area contributed by atoms with Crippen molar-refractivity contribution in [3.05, 3.63) is 146 Å². The van der Waals surface area contributed by atoms with Crippen LogP contribution in [0, 0.1) is 14.9 Å². The van der Waals surface area contributed by atoms with E-state index in [9.17, 15) is 14.9 Å². The Hall–Kier alpha value is -4.71. The molecule has 0 bridgehead atoms. The van der Waals surface area contributed by atoms with E-state index >= 15 is 0 Å². The van der Waals surface area contributed by atoms with Crippen molar-refractivity contribution in [1.82, 2.24) is 4.57 Å². The lowest BCUT2D eigenvalue weighted by atomic mass is 9.93. The number of thiazole rings is 1. The fourth-order valence-electron chi connectivity index (χ4n) is 5.66. The number of carbonyl (C=O) groups excluding carboxylic acids is 1. The van der Waals surface area contributed by atoms with Gasteiger partial charge in [0.2, 0.25) is 0 Å². The summed E-state index contributed by atoms with van der Waals surface area (Å²) in [6.07, 6.45) is 1.77. The first-order valence-corrected chi connectivity index (χ1v) is 18.1. The maximum atomic E-state index is 14.6. The fourth-order valence-corrected chi connectivity index (χ4v) is 8.36. The van der Waals surface area contributed by atoms with Crippen molar-refractivity contribution in [3.63, 3.8) is 0 Å². The van der Waals surface area contributed by atoms with Gasteiger partial charge in [-0.1, -0.05) is 81.9 Å². The molecule has 1 atom stereocenters. The first kappa shape index (κ1) is 35.1. The normalized spacial score (nSPS) is 14.0. The van der Waals surface area contributed by atoms with Crippen molar-refractivity contribution in [1.29, 1.82) is 5.26 Å². The molecular formula is C38H29BrIN3O6S. The van der Waals surface area contributed by atoms with Crippen LogP contribution < -0.4 is 29.1 Å². The molecule has 0 saturated heterocycles. The van der Waals surface area contributed by atoms with Gasteiger partial charge in [0.25, 0.3) is 5.56 Å². The van der Waals surface area contributed by atoms with Crippen molar-refractivity contribution < 1.29 is 23.7 Å². The van der Waals surface area contributed by atoms with Crippen LogP contribution in [0.15, 0.2) is 105 Å².